The fourth-order valence-corrected chi connectivity index (χ4v) is 4.88. The molecule has 9 heteroatoms. The normalized spacial score (nSPS) is 33.0. The lowest BCUT2D eigenvalue weighted by Crippen LogP contribution is -2.54. The molecule has 2 aliphatic rings. The lowest BCUT2D eigenvalue weighted by Gasteiger charge is -2.39. The summed E-state index contributed by atoms with van der Waals surface area (Å²) >= 11 is 0. The largest absolute Gasteiger partial charge is 0.523 e. The van der Waals surface area contributed by atoms with E-state index in [0.29, 0.717) is 12.8 Å². The molecule has 3 rings (SSSR count). The third-order valence-electron chi connectivity index (χ3n) is 5.96. The Morgan fingerprint density at radius 1 is 1.21 bits per heavy atom. The first-order valence-corrected chi connectivity index (χ1v) is 10.6. The van der Waals surface area contributed by atoms with Crippen LogP contribution in [-0.2, 0) is 30.4 Å². The summed E-state index contributed by atoms with van der Waals surface area (Å²) in [5.74, 6) is -0.255. The van der Waals surface area contributed by atoms with Gasteiger partial charge in [-0.15, -0.1) is 0 Å². The number of ether oxygens (including phenoxy) is 2. The molecule has 1 aromatic carbocycles. The number of hydrogen-bond acceptors (Lipinski definition) is 5. The molecule has 0 N–H and O–H groups in total. The van der Waals surface area contributed by atoms with Crippen LogP contribution in [0.1, 0.15) is 44.7 Å². The highest BCUT2D eigenvalue weighted by Crippen LogP contribution is 2.57. The molecule has 0 amide bonds. The van der Waals surface area contributed by atoms with Crippen molar-refractivity contribution < 1.29 is 35.2 Å². The van der Waals surface area contributed by atoms with Crippen LogP contribution in [0.4, 0.5) is 13.2 Å². The molecule has 2 aliphatic heterocycles. The summed E-state index contributed by atoms with van der Waals surface area (Å²) in [4.78, 5) is 0. The van der Waals surface area contributed by atoms with Gasteiger partial charge in [0.25, 0.3) is 0 Å². The Morgan fingerprint density at radius 2 is 1.86 bits per heavy atom. The maximum absolute atomic E-state index is 13.0. The number of fused-ring (bicyclic) bond motifs is 2. The van der Waals surface area contributed by atoms with Crippen molar-refractivity contribution in [2.75, 3.05) is 0 Å². The Labute approximate surface area is 163 Å². The molecule has 2 heterocycles. The van der Waals surface area contributed by atoms with Crippen LogP contribution >= 0.6 is 0 Å². The first kappa shape index (κ1) is 21.5. The van der Waals surface area contributed by atoms with E-state index in [4.69, 9.17) is 13.7 Å². The Morgan fingerprint density at radius 3 is 2.43 bits per heavy atom. The van der Waals surface area contributed by atoms with E-state index in [1.54, 1.807) is 20.8 Å². The lowest BCUT2D eigenvalue weighted by molar-refractivity contribution is -0.0996. The molecule has 2 bridgehead atoms. The molecule has 28 heavy (non-hydrogen) atoms. The van der Waals surface area contributed by atoms with Crippen LogP contribution in [-0.4, -0.2) is 37.3 Å². The van der Waals surface area contributed by atoms with Crippen LogP contribution in [0.15, 0.2) is 24.3 Å². The maximum Gasteiger partial charge on any atom is 0.523 e. The monoisotopic (exact) mass is 422 g/mol. The Kier molecular flexibility index (Phi) is 5.36. The SMILES string of the molecule is Cc1ccccc1CO[C@@H]1[C@@H](OS(=O)(=O)C(F)(F)F)[C@@]2(C(C)C)CC[C@]1(C)O2. The molecule has 0 aromatic heterocycles. The summed E-state index contributed by atoms with van der Waals surface area (Å²) in [7, 11) is -5.79. The van der Waals surface area contributed by atoms with E-state index < -0.39 is 39.0 Å². The number of halogens is 3. The molecule has 4 atom stereocenters. The van der Waals surface area contributed by atoms with Crippen LogP contribution in [0.25, 0.3) is 0 Å². The second-order valence-corrected chi connectivity index (χ2v) is 9.66. The molecule has 0 radical (unpaired) electrons. The number of alkyl halides is 3. The molecule has 158 valence electrons. The van der Waals surface area contributed by atoms with Gasteiger partial charge in [0, 0.05) is 0 Å². The van der Waals surface area contributed by atoms with Crippen molar-refractivity contribution in [1.29, 1.82) is 0 Å². The molecule has 2 fully saturated rings. The minimum Gasteiger partial charge on any atom is -0.368 e. The topological polar surface area (TPSA) is 61.8 Å². The van der Waals surface area contributed by atoms with E-state index in [-0.39, 0.29) is 12.5 Å². The molecule has 2 saturated heterocycles. The molecule has 0 spiro atoms. The Bertz CT molecular complexity index is 838. The average Bonchev–Trinajstić information content (AvgIpc) is 3.04. The molecule has 0 aliphatic carbocycles. The molecular formula is C19H25F3O5S. The van der Waals surface area contributed by atoms with Crippen LogP contribution in [0.2, 0.25) is 0 Å². The summed E-state index contributed by atoms with van der Waals surface area (Å²) in [6.45, 7) is 7.33. The lowest BCUT2D eigenvalue weighted by atomic mass is 9.73. The summed E-state index contributed by atoms with van der Waals surface area (Å²) in [5.41, 5.74) is -5.74. The van der Waals surface area contributed by atoms with Crippen LogP contribution in [0, 0.1) is 12.8 Å². The summed E-state index contributed by atoms with van der Waals surface area (Å²) in [6.07, 6.45) is -1.36. The first-order chi connectivity index (χ1) is 12.8. The Balaban J connectivity index is 1.93. The third kappa shape index (κ3) is 3.46. The van der Waals surface area contributed by atoms with E-state index in [1.807, 2.05) is 31.2 Å². The highest BCUT2D eigenvalue weighted by atomic mass is 32.2. The van der Waals surface area contributed by atoms with Crippen LogP contribution in [0.3, 0.4) is 0 Å². The average molecular weight is 422 g/mol. The van der Waals surface area contributed by atoms with Crippen molar-refractivity contribution in [2.24, 2.45) is 5.92 Å². The molecule has 0 unspecified atom stereocenters. The van der Waals surface area contributed by atoms with Gasteiger partial charge in [-0.25, -0.2) is 0 Å². The summed E-state index contributed by atoms with van der Waals surface area (Å²) in [5, 5.41) is 0. The quantitative estimate of drug-likeness (QED) is 0.510. The van der Waals surface area contributed by atoms with Gasteiger partial charge >= 0.3 is 15.6 Å². The predicted molar refractivity (Wildman–Crippen MR) is 95.9 cm³/mol. The van der Waals surface area contributed by atoms with E-state index in [9.17, 15) is 21.6 Å². The van der Waals surface area contributed by atoms with Crippen molar-refractivity contribution in [1.82, 2.24) is 0 Å². The first-order valence-electron chi connectivity index (χ1n) is 9.18. The van der Waals surface area contributed by atoms with Crippen molar-refractivity contribution >= 4 is 10.1 Å². The second-order valence-electron chi connectivity index (χ2n) is 8.10. The molecular weight excluding hydrogens is 397 g/mol. The van der Waals surface area contributed by atoms with Crippen molar-refractivity contribution in [3.8, 4) is 0 Å². The van der Waals surface area contributed by atoms with Gasteiger partial charge in [-0.05, 0) is 43.7 Å². The van der Waals surface area contributed by atoms with Gasteiger partial charge in [0.15, 0.2) is 0 Å². The fourth-order valence-electron chi connectivity index (χ4n) is 4.23. The molecule has 1 aromatic rings. The molecule has 5 nitrogen and oxygen atoms in total. The zero-order valence-electron chi connectivity index (χ0n) is 16.2. The predicted octanol–water partition coefficient (Wildman–Crippen LogP) is 4.09. The highest BCUT2D eigenvalue weighted by molar-refractivity contribution is 7.87. The van der Waals surface area contributed by atoms with Gasteiger partial charge in [-0.3, -0.25) is 4.18 Å². The summed E-state index contributed by atoms with van der Waals surface area (Å²) in [6, 6.07) is 7.46. The van der Waals surface area contributed by atoms with E-state index in [1.165, 1.54) is 0 Å². The highest BCUT2D eigenvalue weighted by Gasteiger charge is 2.70. The second kappa shape index (κ2) is 6.97. The fraction of sp³-hybridized carbons (Fsp3) is 0.684. The van der Waals surface area contributed by atoms with Crippen LogP contribution < -0.4 is 0 Å². The van der Waals surface area contributed by atoms with Crippen molar-refractivity contribution in [3.63, 3.8) is 0 Å². The number of hydrogen-bond donors (Lipinski definition) is 0. The standard InChI is InChI=1S/C19H25F3O5S/c1-12(2)18-10-9-17(4,27-18)15(16(18)26-28(23,24)19(20,21)22)25-11-14-8-6-5-7-13(14)3/h5-8,12,15-16H,9-11H2,1-4H3/t15-,16-,17+,18+/m1/s1. The minimum absolute atomic E-state index is 0.121. The minimum atomic E-state index is -5.79. The number of benzene rings is 1. The van der Waals surface area contributed by atoms with Gasteiger partial charge in [0.05, 0.1) is 12.2 Å². The number of aryl methyl sites for hydroxylation is 1. The van der Waals surface area contributed by atoms with Gasteiger partial charge in [0.2, 0.25) is 0 Å². The van der Waals surface area contributed by atoms with Gasteiger partial charge < -0.3 is 9.47 Å². The van der Waals surface area contributed by atoms with Gasteiger partial charge in [-0.2, -0.15) is 21.6 Å². The van der Waals surface area contributed by atoms with Crippen LogP contribution in [0.5, 0.6) is 0 Å². The van der Waals surface area contributed by atoms with E-state index in [2.05, 4.69) is 0 Å². The zero-order valence-corrected chi connectivity index (χ0v) is 17.1. The van der Waals surface area contributed by atoms with Crippen molar-refractivity contribution in [2.45, 2.75) is 76.1 Å². The van der Waals surface area contributed by atoms with E-state index >= 15 is 0 Å². The maximum atomic E-state index is 13.0. The summed E-state index contributed by atoms with van der Waals surface area (Å²) < 4.78 is 79.4. The smallest absolute Gasteiger partial charge is 0.368 e. The number of rotatable bonds is 6. The van der Waals surface area contributed by atoms with Crippen molar-refractivity contribution in [3.05, 3.63) is 35.4 Å². The third-order valence-corrected chi connectivity index (χ3v) is 6.99. The van der Waals surface area contributed by atoms with Gasteiger partial charge in [-0.1, -0.05) is 38.1 Å². The van der Waals surface area contributed by atoms with E-state index in [0.717, 1.165) is 11.1 Å². The Hall–Kier alpha value is -1.16. The molecule has 0 saturated carbocycles. The zero-order chi connectivity index (χ0) is 21.0. The van der Waals surface area contributed by atoms with Gasteiger partial charge in [0.1, 0.15) is 17.8 Å².